The second-order valence-corrected chi connectivity index (χ2v) is 11.1. The summed E-state index contributed by atoms with van der Waals surface area (Å²) in [5, 5.41) is 16.2. The van der Waals surface area contributed by atoms with Crippen molar-refractivity contribution in [3.8, 4) is 0 Å². The van der Waals surface area contributed by atoms with Crippen LogP contribution in [-0.4, -0.2) is 36.6 Å². The number of nitro benzene ring substituents is 1. The molecular weight excluding hydrogens is 474 g/mol. The maximum Gasteiger partial charge on any atom is 0.270 e. The number of nitrogens with zero attached hydrogens (tertiary/aromatic N) is 2. The Morgan fingerprint density at radius 2 is 1.82 bits per heavy atom. The smallest absolute Gasteiger partial charge is 0.270 e. The van der Waals surface area contributed by atoms with E-state index in [9.17, 15) is 23.3 Å². The minimum absolute atomic E-state index is 0.0635. The first-order valence-corrected chi connectivity index (χ1v) is 13.2. The summed E-state index contributed by atoms with van der Waals surface area (Å²) < 4.78 is 27.7. The summed E-state index contributed by atoms with van der Waals surface area (Å²) in [5.74, 6) is -0.422. The Labute approximate surface area is 202 Å². The van der Waals surface area contributed by atoms with Gasteiger partial charge in [-0.05, 0) is 42.3 Å². The van der Waals surface area contributed by atoms with Gasteiger partial charge in [0, 0.05) is 36.0 Å². The number of rotatable bonds is 7. The van der Waals surface area contributed by atoms with Crippen LogP contribution >= 0.6 is 11.3 Å². The average Bonchev–Trinajstić information content (AvgIpc) is 3.37. The summed E-state index contributed by atoms with van der Waals surface area (Å²) in [5.41, 5.74) is 1.17. The fraction of sp³-hybridized carbons (Fsp3) is 0.292. The van der Waals surface area contributed by atoms with Crippen molar-refractivity contribution < 1.29 is 18.1 Å². The molecular formula is C24H25N3O5S2. The van der Waals surface area contributed by atoms with Gasteiger partial charge in [0.1, 0.15) is 0 Å². The molecule has 1 atom stereocenters. The van der Waals surface area contributed by atoms with Gasteiger partial charge in [0.25, 0.3) is 5.69 Å². The van der Waals surface area contributed by atoms with Gasteiger partial charge < -0.3 is 5.32 Å². The van der Waals surface area contributed by atoms with E-state index in [1.54, 1.807) is 18.3 Å². The number of carbonyl (C=O) groups is 1. The Balaban J connectivity index is 1.46. The summed E-state index contributed by atoms with van der Waals surface area (Å²) in [6, 6.07) is 17.3. The lowest BCUT2D eigenvalue weighted by Gasteiger charge is -2.31. The van der Waals surface area contributed by atoms with Crippen molar-refractivity contribution in [1.29, 1.82) is 0 Å². The van der Waals surface area contributed by atoms with Crippen LogP contribution in [0.4, 0.5) is 5.69 Å². The van der Waals surface area contributed by atoms with Crippen LogP contribution in [0.5, 0.6) is 0 Å². The summed E-state index contributed by atoms with van der Waals surface area (Å²) >= 11 is 1.57. The van der Waals surface area contributed by atoms with Crippen LogP contribution in [0.1, 0.15) is 34.9 Å². The first-order valence-electron chi connectivity index (χ1n) is 10.9. The van der Waals surface area contributed by atoms with Gasteiger partial charge in [0.2, 0.25) is 15.9 Å². The third-order valence-electron chi connectivity index (χ3n) is 6.07. The first kappa shape index (κ1) is 24.1. The molecule has 4 rings (SSSR count). The molecule has 1 fully saturated rings. The third kappa shape index (κ3) is 5.03. The van der Waals surface area contributed by atoms with Gasteiger partial charge in [-0.15, -0.1) is 11.3 Å². The van der Waals surface area contributed by atoms with E-state index in [1.807, 2.05) is 47.8 Å². The van der Waals surface area contributed by atoms with E-state index in [4.69, 9.17) is 0 Å². The summed E-state index contributed by atoms with van der Waals surface area (Å²) in [4.78, 5) is 24.6. The molecule has 0 radical (unpaired) electrons. The number of hydrogen-bond donors (Lipinski definition) is 1. The van der Waals surface area contributed by atoms with E-state index in [-0.39, 0.29) is 41.5 Å². The molecule has 1 saturated heterocycles. The van der Waals surface area contributed by atoms with Gasteiger partial charge in [-0.1, -0.05) is 42.5 Å². The van der Waals surface area contributed by atoms with E-state index in [1.165, 1.54) is 16.4 Å². The van der Waals surface area contributed by atoms with Crippen LogP contribution in [0.25, 0.3) is 0 Å². The highest BCUT2D eigenvalue weighted by molar-refractivity contribution is 7.89. The van der Waals surface area contributed by atoms with Gasteiger partial charge in [-0.3, -0.25) is 14.9 Å². The molecule has 2 heterocycles. The van der Waals surface area contributed by atoms with Crippen molar-refractivity contribution >= 4 is 33.0 Å². The van der Waals surface area contributed by atoms with E-state index in [0.717, 1.165) is 16.5 Å². The fourth-order valence-corrected chi connectivity index (χ4v) is 6.67. The zero-order valence-electron chi connectivity index (χ0n) is 18.6. The Morgan fingerprint density at radius 1 is 1.12 bits per heavy atom. The molecule has 1 aliphatic heterocycles. The summed E-state index contributed by atoms with van der Waals surface area (Å²) in [7, 11) is -3.90. The van der Waals surface area contributed by atoms with E-state index in [2.05, 4.69) is 5.32 Å². The maximum absolute atomic E-state index is 13.2. The lowest BCUT2D eigenvalue weighted by Crippen LogP contribution is -2.43. The van der Waals surface area contributed by atoms with Gasteiger partial charge in [0.15, 0.2) is 0 Å². The molecule has 3 aromatic rings. The summed E-state index contributed by atoms with van der Waals surface area (Å²) in [6.45, 7) is 1.97. The molecule has 0 saturated carbocycles. The van der Waals surface area contributed by atoms with Crippen molar-refractivity contribution in [3.63, 3.8) is 0 Å². The zero-order valence-corrected chi connectivity index (χ0v) is 20.2. The molecule has 0 aliphatic carbocycles. The normalized spacial score (nSPS) is 16.1. The average molecular weight is 500 g/mol. The van der Waals surface area contributed by atoms with Crippen molar-refractivity contribution in [2.75, 3.05) is 13.1 Å². The molecule has 10 heteroatoms. The zero-order chi connectivity index (χ0) is 24.3. The second kappa shape index (κ2) is 10.0. The number of piperidine rings is 1. The molecule has 0 spiro atoms. The van der Waals surface area contributed by atoms with Crippen molar-refractivity contribution in [3.05, 3.63) is 92.2 Å². The highest BCUT2D eigenvalue weighted by Gasteiger charge is 2.34. The third-order valence-corrected chi connectivity index (χ3v) is 9.05. The largest absolute Gasteiger partial charge is 0.344 e. The number of carbonyl (C=O) groups excluding carboxylic acids is 1. The van der Waals surface area contributed by atoms with Crippen LogP contribution in [0, 0.1) is 23.0 Å². The SMILES string of the molecule is Cc1ccc([N+](=O)[O-])cc1S(=O)(=O)N1CCC(C(=O)N[C@@H](c2ccccc2)c2cccs2)CC1. The molecule has 0 unspecified atom stereocenters. The molecule has 0 bridgehead atoms. The standard InChI is InChI=1S/C24H25N3O5S2/c1-17-9-10-20(27(29)30)16-22(17)34(31,32)26-13-11-19(12-14-26)24(28)25-23(21-8-5-15-33-21)18-6-3-2-4-7-18/h2-10,15-16,19,23H,11-14H2,1H3,(H,25,28)/t23-/m0/s1. The Kier molecular flexibility index (Phi) is 7.11. The van der Waals surface area contributed by atoms with Crippen LogP contribution in [0.2, 0.25) is 0 Å². The fourth-order valence-electron chi connectivity index (χ4n) is 4.16. The van der Waals surface area contributed by atoms with Gasteiger partial charge in [-0.2, -0.15) is 4.31 Å². The predicted molar refractivity (Wildman–Crippen MR) is 130 cm³/mol. The number of non-ortho nitro benzene ring substituents is 1. The monoisotopic (exact) mass is 499 g/mol. The number of hydrogen-bond acceptors (Lipinski definition) is 6. The maximum atomic E-state index is 13.2. The molecule has 8 nitrogen and oxygen atoms in total. The van der Waals surface area contributed by atoms with Gasteiger partial charge in [-0.25, -0.2) is 8.42 Å². The number of aryl methyl sites for hydroxylation is 1. The molecule has 34 heavy (non-hydrogen) atoms. The van der Waals surface area contributed by atoms with Crippen molar-refractivity contribution in [1.82, 2.24) is 9.62 Å². The number of sulfonamides is 1. The molecule has 178 valence electrons. The lowest BCUT2D eigenvalue weighted by molar-refractivity contribution is -0.385. The van der Waals surface area contributed by atoms with Crippen LogP contribution in [0.3, 0.4) is 0 Å². The number of nitro groups is 1. The minimum Gasteiger partial charge on any atom is -0.344 e. The van der Waals surface area contributed by atoms with Crippen LogP contribution in [-0.2, 0) is 14.8 Å². The predicted octanol–water partition coefficient (Wildman–Crippen LogP) is 4.27. The highest BCUT2D eigenvalue weighted by Crippen LogP contribution is 2.30. The molecule has 1 aliphatic rings. The number of nitrogens with one attached hydrogen (secondary N) is 1. The van der Waals surface area contributed by atoms with Gasteiger partial charge in [0.05, 0.1) is 15.9 Å². The Morgan fingerprint density at radius 3 is 2.44 bits per heavy atom. The number of thiophene rings is 1. The molecule has 1 N–H and O–H groups in total. The van der Waals surface area contributed by atoms with Crippen molar-refractivity contribution in [2.24, 2.45) is 5.92 Å². The Hall–Kier alpha value is -3.08. The van der Waals surface area contributed by atoms with E-state index >= 15 is 0 Å². The quantitative estimate of drug-likeness (QED) is 0.386. The Bertz CT molecular complexity index is 1270. The minimum atomic E-state index is -3.90. The highest BCUT2D eigenvalue weighted by atomic mass is 32.2. The summed E-state index contributed by atoms with van der Waals surface area (Å²) in [6.07, 6.45) is 0.760. The second-order valence-electron chi connectivity index (χ2n) is 8.25. The number of benzene rings is 2. The topological polar surface area (TPSA) is 110 Å². The van der Waals surface area contributed by atoms with Crippen molar-refractivity contribution in [2.45, 2.75) is 30.7 Å². The molecule has 1 amide bonds. The van der Waals surface area contributed by atoms with Crippen LogP contribution in [0.15, 0.2) is 70.9 Å². The van der Waals surface area contributed by atoms with E-state index in [0.29, 0.717) is 18.4 Å². The molecule has 1 aromatic heterocycles. The number of amides is 1. The van der Waals surface area contributed by atoms with Gasteiger partial charge >= 0.3 is 0 Å². The van der Waals surface area contributed by atoms with E-state index < -0.39 is 14.9 Å². The molecule has 2 aromatic carbocycles. The van der Waals surface area contributed by atoms with Crippen LogP contribution < -0.4 is 5.32 Å². The first-order chi connectivity index (χ1) is 16.3. The lowest BCUT2D eigenvalue weighted by atomic mass is 9.96.